The summed E-state index contributed by atoms with van der Waals surface area (Å²) in [6.07, 6.45) is -0.485. The zero-order chi connectivity index (χ0) is 17.4. The van der Waals surface area contributed by atoms with E-state index in [0.29, 0.717) is 32.9 Å². The molecule has 0 saturated carbocycles. The molecule has 24 heavy (non-hydrogen) atoms. The van der Waals surface area contributed by atoms with Gasteiger partial charge in [-0.15, -0.1) is 0 Å². The van der Waals surface area contributed by atoms with Crippen molar-refractivity contribution < 1.29 is 19.0 Å². The van der Waals surface area contributed by atoms with E-state index in [4.69, 9.17) is 14.2 Å². The number of rotatable bonds is 8. The minimum Gasteiger partial charge on any atom is -0.496 e. The molecule has 1 aromatic rings. The van der Waals surface area contributed by atoms with Crippen LogP contribution in [0.4, 0.5) is 0 Å². The summed E-state index contributed by atoms with van der Waals surface area (Å²) in [6, 6.07) is 7.79. The van der Waals surface area contributed by atoms with Crippen LogP contribution in [0.15, 0.2) is 24.3 Å². The van der Waals surface area contributed by atoms with Crippen LogP contribution in [0.5, 0.6) is 5.75 Å². The van der Waals surface area contributed by atoms with Gasteiger partial charge in [0.25, 0.3) is 5.91 Å². The van der Waals surface area contributed by atoms with Crippen molar-refractivity contribution in [3.63, 3.8) is 0 Å². The summed E-state index contributed by atoms with van der Waals surface area (Å²) in [5.41, 5.74) is 1.02. The molecule has 0 bridgehead atoms. The maximum Gasteiger partial charge on any atom is 0.252 e. The number of piperazine rings is 1. The highest BCUT2D eigenvalue weighted by atomic mass is 16.5. The largest absolute Gasteiger partial charge is 0.496 e. The number of benzene rings is 1. The minimum absolute atomic E-state index is 0.00362. The summed E-state index contributed by atoms with van der Waals surface area (Å²) >= 11 is 0. The molecule has 1 amide bonds. The lowest BCUT2D eigenvalue weighted by Gasteiger charge is -2.38. The van der Waals surface area contributed by atoms with Crippen molar-refractivity contribution in [1.82, 2.24) is 10.2 Å². The van der Waals surface area contributed by atoms with Gasteiger partial charge in [0.05, 0.1) is 26.4 Å². The molecule has 1 N–H and O–H groups in total. The van der Waals surface area contributed by atoms with Crippen molar-refractivity contribution in [2.75, 3.05) is 46.6 Å². The Bertz CT molecular complexity index is 523. The van der Waals surface area contributed by atoms with Crippen LogP contribution < -0.4 is 10.1 Å². The van der Waals surface area contributed by atoms with Gasteiger partial charge in [0.1, 0.15) is 11.9 Å². The van der Waals surface area contributed by atoms with Crippen LogP contribution in [-0.2, 0) is 14.3 Å². The van der Waals surface area contributed by atoms with Gasteiger partial charge in [0.15, 0.2) is 0 Å². The Labute approximate surface area is 144 Å². The van der Waals surface area contributed by atoms with E-state index in [9.17, 15) is 4.79 Å². The summed E-state index contributed by atoms with van der Waals surface area (Å²) in [4.78, 5) is 14.7. The van der Waals surface area contributed by atoms with E-state index in [-0.39, 0.29) is 11.9 Å². The molecular weight excluding hydrogens is 308 g/mol. The smallest absolute Gasteiger partial charge is 0.252 e. The molecule has 134 valence electrons. The number of hydrogen-bond acceptors (Lipinski definition) is 5. The first-order valence-electron chi connectivity index (χ1n) is 8.52. The first-order valence-corrected chi connectivity index (χ1v) is 8.52. The zero-order valence-corrected chi connectivity index (χ0v) is 14.8. The lowest BCUT2D eigenvalue weighted by Crippen LogP contribution is -2.51. The molecule has 1 heterocycles. The molecular formula is C18H28N2O4. The molecule has 2 atom stereocenters. The van der Waals surface area contributed by atoms with Gasteiger partial charge in [-0.1, -0.05) is 18.2 Å². The summed E-state index contributed by atoms with van der Waals surface area (Å²) in [7, 11) is 1.65. The SMILES string of the molecule is CCOCCOC(C)C(=O)N1CCNCC1c1ccccc1OC. The molecule has 0 radical (unpaired) electrons. The van der Waals surface area contributed by atoms with Crippen molar-refractivity contribution in [1.29, 1.82) is 0 Å². The second-order valence-electron chi connectivity index (χ2n) is 5.70. The van der Waals surface area contributed by atoms with Crippen LogP contribution in [0.1, 0.15) is 25.5 Å². The van der Waals surface area contributed by atoms with Gasteiger partial charge in [-0.2, -0.15) is 0 Å². The number of para-hydroxylation sites is 1. The fraction of sp³-hybridized carbons (Fsp3) is 0.611. The summed E-state index contributed by atoms with van der Waals surface area (Å²) in [6.45, 7) is 7.46. The fourth-order valence-electron chi connectivity index (χ4n) is 2.92. The van der Waals surface area contributed by atoms with Crippen molar-refractivity contribution in [2.45, 2.75) is 26.0 Å². The van der Waals surface area contributed by atoms with Gasteiger partial charge in [0.2, 0.25) is 0 Å². The molecule has 1 aromatic carbocycles. The first-order chi connectivity index (χ1) is 11.7. The third-order valence-electron chi connectivity index (χ3n) is 4.17. The van der Waals surface area contributed by atoms with Crippen LogP contribution in [0.25, 0.3) is 0 Å². The third kappa shape index (κ3) is 4.69. The zero-order valence-electron chi connectivity index (χ0n) is 14.8. The molecule has 2 unspecified atom stereocenters. The Morgan fingerprint density at radius 1 is 1.38 bits per heavy atom. The predicted octanol–water partition coefficient (Wildman–Crippen LogP) is 1.61. The van der Waals surface area contributed by atoms with Crippen molar-refractivity contribution in [2.24, 2.45) is 0 Å². The standard InChI is InChI=1S/C18H28N2O4/c1-4-23-11-12-24-14(2)18(21)20-10-9-19-13-16(20)15-7-5-6-8-17(15)22-3/h5-8,14,16,19H,4,9-13H2,1-3H3. The van der Waals surface area contributed by atoms with Crippen molar-refractivity contribution in [3.8, 4) is 5.75 Å². The molecule has 6 heteroatoms. The van der Waals surface area contributed by atoms with Crippen LogP contribution >= 0.6 is 0 Å². The number of hydrogen-bond donors (Lipinski definition) is 1. The molecule has 0 spiro atoms. The van der Waals surface area contributed by atoms with Gasteiger partial charge in [0, 0.05) is 31.8 Å². The number of amides is 1. The van der Waals surface area contributed by atoms with Gasteiger partial charge in [-0.05, 0) is 19.9 Å². The van der Waals surface area contributed by atoms with Gasteiger partial charge < -0.3 is 24.4 Å². The highest BCUT2D eigenvalue weighted by Gasteiger charge is 2.32. The molecule has 1 aliphatic heterocycles. The quantitative estimate of drug-likeness (QED) is 0.731. The van der Waals surface area contributed by atoms with E-state index in [1.807, 2.05) is 36.1 Å². The normalized spacial score (nSPS) is 19.1. The Balaban J connectivity index is 2.06. The number of methoxy groups -OCH3 is 1. The Kier molecular flexibility index (Phi) is 7.49. The molecule has 2 rings (SSSR count). The van der Waals surface area contributed by atoms with E-state index in [1.54, 1.807) is 14.0 Å². The Hall–Kier alpha value is -1.63. The number of carbonyl (C=O) groups excluding carboxylic acids is 1. The maximum atomic E-state index is 12.8. The highest BCUT2D eigenvalue weighted by molar-refractivity contribution is 5.81. The summed E-state index contributed by atoms with van der Waals surface area (Å²) < 4.78 is 16.4. The third-order valence-corrected chi connectivity index (χ3v) is 4.17. The number of carbonyl (C=O) groups is 1. The molecule has 0 aromatic heterocycles. The second kappa shape index (κ2) is 9.61. The number of ether oxygens (including phenoxy) is 3. The summed E-state index contributed by atoms with van der Waals surface area (Å²) in [5.74, 6) is 0.804. The van der Waals surface area contributed by atoms with Crippen LogP contribution in [-0.4, -0.2) is 63.5 Å². The van der Waals surface area contributed by atoms with Gasteiger partial charge in [-0.3, -0.25) is 4.79 Å². The average Bonchev–Trinajstić information content (AvgIpc) is 2.64. The predicted molar refractivity (Wildman–Crippen MR) is 92.2 cm³/mol. The van der Waals surface area contributed by atoms with E-state index >= 15 is 0 Å². The monoisotopic (exact) mass is 336 g/mol. The molecule has 1 fully saturated rings. The van der Waals surface area contributed by atoms with Gasteiger partial charge in [-0.25, -0.2) is 0 Å². The Morgan fingerprint density at radius 3 is 2.92 bits per heavy atom. The average molecular weight is 336 g/mol. The number of nitrogens with one attached hydrogen (secondary N) is 1. The molecule has 1 saturated heterocycles. The molecule has 0 aliphatic carbocycles. The van der Waals surface area contributed by atoms with Crippen molar-refractivity contribution in [3.05, 3.63) is 29.8 Å². The first kappa shape index (κ1) is 18.7. The Morgan fingerprint density at radius 2 is 2.17 bits per heavy atom. The van der Waals surface area contributed by atoms with Gasteiger partial charge >= 0.3 is 0 Å². The summed E-state index contributed by atoms with van der Waals surface area (Å²) in [5, 5.41) is 3.36. The number of nitrogens with zero attached hydrogens (tertiary/aromatic N) is 1. The lowest BCUT2D eigenvalue weighted by atomic mass is 10.0. The molecule has 1 aliphatic rings. The second-order valence-corrected chi connectivity index (χ2v) is 5.70. The van der Waals surface area contributed by atoms with Crippen LogP contribution in [0.2, 0.25) is 0 Å². The van der Waals surface area contributed by atoms with E-state index in [2.05, 4.69) is 5.32 Å². The minimum atomic E-state index is -0.485. The fourth-order valence-corrected chi connectivity index (χ4v) is 2.92. The lowest BCUT2D eigenvalue weighted by molar-refractivity contribution is -0.147. The van der Waals surface area contributed by atoms with Crippen molar-refractivity contribution >= 4 is 5.91 Å². The highest BCUT2D eigenvalue weighted by Crippen LogP contribution is 2.30. The maximum absolute atomic E-state index is 12.8. The molecule has 6 nitrogen and oxygen atoms in total. The van der Waals surface area contributed by atoms with Crippen LogP contribution in [0, 0.1) is 0 Å². The van der Waals surface area contributed by atoms with E-state index in [0.717, 1.165) is 17.9 Å². The van der Waals surface area contributed by atoms with E-state index in [1.165, 1.54) is 0 Å². The van der Waals surface area contributed by atoms with E-state index < -0.39 is 6.10 Å². The topological polar surface area (TPSA) is 60.0 Å². The van der Waals surface area contributed by atoms with Crippen LogP contribution in [0.3, 0.4) is 0 Å².